The normalized spacial score (nSPS) is 16.3. The Bertz CT molecular complexity index is 771. The van der Waals surface area contributed by atoms with Gasteiger partial charge in [-0.25, -0.2) is 4.79 Å². The SMILES string of the molecule is Cc1cc2c(Br)ccc(NC3CCN(C(=O)OC(C)(C)C)CC3)c2o1. The molecule has 1 aliphatic heterocycles. The molecule has 136 valence electrons. The zero-order valence-corrected chi connectivity index (χ0v) is 16.8. The Morgan fingerprint density at radius 2 is 2.00 bits per heavy atom. The number of aryl methyl sites for hydroxylation is 1. The molecule has 1 amide bonds. The minimum atomic E-state index is -0.452. The van der Waals surface area contributed by atoms with Gasteiger partial charge in [-0.3, -0.25) is 0 Å². The first-order chi connectivity index (χ1) is 11.7. The molecule has 1 fully saturated rings. The van der Waals surface area contributed by atoms with Gasteiger partial charge < -0.3 is 19.4 Å². The number of nitrogens with zero attached hydrogens (tertiary/aromatic N) is 1. The van der Waals surface area contributed by atoms with Crippen LogP contribution in [0.2, 0.25) is 0 Å². The molecule has 0 bridgehead atoms. The quantitative estimate of drug-likeness (QED) is 0.730. The van der Waals surface area contributed by atoms with Gasteiger partial charge in [0.15, 0.2) is 5.58 Å². The number of furan rings is 1. The minimum absolute atomic E-state index is 0.223. The van der Waals surface area contributed by atoms with Crippen LogP contribution in [0.1, 0.15) is 39.4 Å². The molecule has 1 aliphatic rings. The predicted molar refractivity (Wildman–Crippen MR) is 103 cm³/mol. The topological polar surface area (TPSA) is 54.7 Å². The number of amides is 1. The van der Waals surface area contributed by atoms with Crippen molar-refractivity contribution in [2.24, 2.45) is 0 Å². The molecular weight excluding hydrogens is 384 g/mol. The Labute approximate surface area is 156 Å². The van der Waals surface area contributed by atoms with Crippen molar-refractivity contribution < 1.29 is 13.9 Å². The van der Waals surface area contributed by atoms with E-state index in [0.29, 0.717) is 19.1 Å². The fourth-order valence-electron chi connectivity index (χ4n) is 3.08. The van der Waals surface area contributed by atoms with Crippen molar-refractivity contribution in [3.8, 4) is 0 Å². The number of carbonyl (C=O) groups excluding carboxylic acids is 1. The van der Waals surface area contributed by atoms with Crippen LogP contribution in [0.4, 0.5) is 10.5 Å². The van der Waals surface area contributed by atoms with Crippen molar-refractivity contribution in [2.75, 3.05) is 18.4 Å². The van der Waals surface area contributed by atoms with E-state index in [1.807, 2.05) is 45.9 Å². The summed E-state index contributed by atoms with van der Waals surface area (Å²) in [6.07, 6.45) is 1.55. The molecule has 0 unspecified atom stereocenters. The van der Waals surface area contributed by atoms with Crippen LogP contribution in [0, 0.1) is 6.92 Å². The number of hydrogen-bond donors (Lipinski definition) is 1. The maximum absolute atomic E-state index is 12.2. The summed E-state index contributed by atoms with van der Waals surface area (Å²) in [6.45, 7) is 9.03. The second-order valence-electron chi connectivity index (χ2n) is 7.58. The average Bonchev–Trinajstić information content (AvgIpc) is 2.92. The molecule has 1 N–H and O–H groups in total. The highest BCUT2D eigenvalue weighted by atomic mass is 79.9. The molecule has 25 heavy (non-hydrogen) atoms. The lowest BCUT2D eigenvalue weighted by atomic mass is 10.0. The number of rotatable bonds is 2. The summed E-state index contributed by atoms with van der Waals surface area (Å²) >= 11 is 3.57. The zero-order valence-electron chi connectivity index (χ0n) is 15.2. The van der Waals surface area contributed by atoms with Crippen molar-refractivity contribution in [3.63, 3.8) is 0 Å². The Balaban J connectivity index is 1.63. The van der Waals surface area contributed by atoms with E-state index in [4.69, 9.17) is 9.15 Å². The number of carbonyl (C=O) groups is 1. The first kappa shape index (κ1) is 18.1. The minimum Gasteiger partial charge on any atom is -0.459 e. The monoisotopic (exact) mass is 408 g/mol. The molecule has 6 heteroatoms. The Morgan fingerprint density at radius 3 is 2.64 bits per heavy atom. The van der Waals surface area contributed by atoms with E-state index in [9.17, 15) is 4.79 Å². The maximum Gasteiger partial charge on any atom is 0.410 e. The van der Waals surface area contributed by atoms with Crippen LogP contribution in [0.25, 0.3) is 11.0 Å². The van der Waals surface area contributed by atoms with Gasteiger partial charge in [0, 0.05) is 29.0 Å². The number of benzene rings is 1. The number of halogens is 1. The molecule has 3 rings (SSSR count). The zero-order chi connectivity index (χ0) is 18.2. The first-order valence-corrected chi connectivity index (χ1v) is 9.45. The van der Waals surface area contributed by atoms with Gasteiger partial charge in [0.2, 0.25) is 0 Å². The molecule has 0 spiro atoms. The third-order valence-electron chi connectivity index (χ3n) is 4.26. The van der Waals surface area contributed by atoms with Gasteiger partial charge in [0.1, 0.15) is 11.4 Å². The van der Waals surface area contributed by atoms with E-state index in [0.717, 1.165) is 39.7 Å². The van der Waals surface area contributed by atoms with Crippen LogP contribution in [0.3, 0.4) is 0 Å². The molecule has 0 aliphatic carbocycles. The van der Waals surface area contributed by atoms with Crippen LogP contribution < -0.4 is 5.32 Å². The second kappa shape index (κ2) is 6.90. The number of likely N-dealkylation sites (tertiary alicyclic amines) is 1. The summed E-state index contributed by atoms with van der Waals surface area (Å²) in [6, 6.07) is 6.43. The lowest BCUT2D eigenvalue weighted by Gasteiger charge is -2.34. The lowest BCUT2D eigenvalue weighted by molar-refractivity contribution is 0.0210. The van der Waals surface area contributed by atoms with Crippen LogP contribution in [-0.4, -0.2) is 35.7 Å². The largest absolute Gasteiger partial charge is 0.459 e. The summed E-state index contributed by atoms with van der Waals surface area (Å²) in [5, 5.41) is 4.66. The Kier molecular flexibility index (Phi) is 5.00. The first-order valence-electron chi connectivity index (χ1n) is 8.66. The molecule has 2 heterocycles. The highest BCUT2D eigenvalue weighted by Crippen LogP contribution is 2.33. The molecular formula is C19H25BrN2O3. The standard InChI is InChI=1S/C19H25BrN2O3/c1-12-11-14-15(20)5-6-16(17(14)24-12)21-13-7-9-22(10-8-13)18(23)25-19(2,3)4/h5-6,11,13,21H,7-10H2,1-4H3. The van der Waals surface area contributed by atoms with Crippen molar-refractivity contribution in [1.29, 1.82) is 0 Å². The predicted octanol–water partition coefficient (Wildman–Crippen LogP) is 5.32. The number of anilines is 1. The molecule has 0 radical (unpaired) electrons. The second-order valence-corrected chi connectivity index (χ2v) is 8.44. The van der Waals surface area contributed by atoms with Crippen LogP contribution in [0.5, 0.6) is 0 Å². The van der Waals surface area contributed by atoms with Crippen LogP contribution in [-0.2, 0) is 4.74 Å². The highest BCUT2D eigenvalue weighted by molar-refractivity contribution is 9.10. The van der Waals surface area contributed by atoms with E-state index >= 15 is 0 Å². The van der Waals surface area contributed by atoms with E-state index in [2.05, 4.69) is 21.2 Å². The highest BCUT2D eigenvalue weighted by Gasteiger charge is 2.27. The van der Waals surface area contributed by atoms with E-state index in [1.165, 1.54) is 0 Å². The third-order valence-corrected chi connectivity index (χ3v) is 4.95. The summed E-state index contributed by atoms with van der Waals surface area (Å²) < 4.78 is 12.3. The summed E-state index contributed by atoms with van der Waals surface area (Å²) in [5.41, 5.74) is 1.43. The van der Waals surface area contributed by atoms with E-state index in [1.54, 1.807) is 4.90 Å². The third kappa shape index (κ3) is 4.29. The van der Waals surface area contributed by atoms with Crippen LogP contribution >= 0.6 is 15.9 Å². The molecule has 0 saturated carbocycles. The van der Waals surface area contributed by atoms with Crippen molar-refractivity contribution in [2.45, 2.75) is 52.2 Å². The lowest BCUT2D eigenvalue weighted by Crippen LogP contribution is -2.44. The number of nitrogens with one attached hydrogen (secondary N) is 1. The van der Waals surface area contributed by atoms with Gasteiger partial charge in [-0.2, -0.15) is 0 Å². The van der Waals surface area contributed by atoms with Gasteiger partial charge in [-0.15, -0.1) is 0 Å². The van der Waals surface area contributed by atoms with E-state index in [-0.39, 0.29) is 6.09 Å². The van der Waals surface area contributed by atoms with E-state index < -0.39 is 5.60 Å². The number of fused-ring (bicyclic) bond motifs is 1. The van der Waals surface area contributed by atoms with Gasteiger partial charge in [0.05, 0.1) is 5.69 Å². The van der Waals surface area contributed by atoms with Gasteiger partial charge >= 0.3 is 6.09 Å². The summed E-state index contributed by atoms with van der Waals surface area (Å²) in [5.74, 6) is 0.893. The van der Waals surface area contributed by atoms with Crippen molar-refractivity contribution in [3.05, 3.63) is 28.4 Å². The molecule has 0 atom stereocenters. The Hall–Kier alpha value is -1.69. The van der Waals surface area contributed by atoms with Crippen molar-refractivity contribution >= 4 is 38.7 Å². The smallest absolute Gasteiger partial charge is 0.410 e. The van der Waals surface area contributed by atoms with Gasteiger partial charge in [-0.05, 0) is 58.7 Å². The van der Waals surface area contributed by atoms with Crippen LogP contribution in [0.15, 0.2) is 27.1 Å². The molecule has 1 aromatic heterocycles. The number of ether oxygens (including phenoxy) is 1. The number of piperidine rings is 1. The fourth-order valence-corrected chi connectivity index (χ4v) is 3.51. The fraction of sp³-hybridized carbons (Fsp3) is 0.526. The summed E-state index contributed by atoms with van der Waals surface area (Å²) in [4.78, 5) is 13.9. The molecule has 1 aromatic carbocycles. The number of hydrogen-bond acceptors (Lipinski definition) is 4. The van der Waals surface area contributed by atoms with Gasteiger partial charge in [-0.1, -0.05) is 15.9 Å². The molecule has 5 nitrogen and oxygen atoms in total. The molecule has 1 saturated heterocycles. The summed E-state index contributed by atoms with van der Waals surface area (Å²) in [7, 11) is 0. The average molecular weight is 409 g/mol. The van der Waals surface area contributed by atoms with Gasteiger partial charge in [0.25, 0.3) is 0 Å². The molecule has 2 aromatic rings. The van der Waals surface area contributed by atoms with Crippen molar-refractivity contribution in [1.82, 2.24) is 4.90 Å². The Morgan fingerprint density at radius 1 is 1.32 bits per heavy atom. The maximum atomic E-state index is 12.2.